The van der Waals surface area contributed by atoms with E-state index in [4.69, 9.17) is 4.74 Å². The van der Waals surface area contributed by atoms with Crippen LogP contribution in [0.5, 0.6) is 5.75 Å². The summed E-state index contributed by atoms with van der Waals surface area (Å²) in [4.78, 5) is 19.0. The van der Waals surface area contributed by atoms with Crippen LogP contribution in [-0.4, -0.2) is 65.2 Å². The van der Waals surface area contributed by atoms with Gasteiger partial charge in [-0.05, 0) is 12.1 Å². The minimum Gasteiger partial charge on any atom is -0.492 e. The van der Waals surface area contributed by atoms with Gasteiger partial charge in [0.15, 0.2) is 0 Å². The highest BCUT2D eigenvalue weighted by Crippen LogP contribution is 2.08. The third kappa shape index (κ3) is 4.71. The van der Waals surface area contributed by atoms with Crippen LogP contribution in [0.4, 0.5) is 0 Å². The maximum Gasteiger partial charge on any atom is 0.325 e. The zero-order chi connectivity index (χ0) is 15.9. The number of H-pyrrole nitrogens is 1. The molecule has 124 valence electrons. The van der Waals surface area contributed by atoms with E-state index in [-0.39, 0.29) is 5.69 Å². The number of piperazine rings is 1. The Morgan fingerprint density at radius 3 is 2.30 bits per heavy atom. The highest BCUT2D eigenvalue weighted by atomic mass is 16.5. The van der Waals surface area contributed by atoms with Crippen molar-refractivity contribution in [3.05, 3.63) is 53.2 Å². The van der Waals surface area contributed by atoms with Gasteiger partial charge in [0.1, 0.15) is 12.4 Å². The molecule has 1 fully saturated rings. The maximum absolute atomic E-state index is 11.4. The van der Waals surface area contributed by atoms with E-state index in [1.54, 1.807) is 17.0 Å². The number of imidazole rings is 1. The summed E-state index contributed by atoms with van der Waals surface area (Å²) in [5, 5.41) is 0. The van der Waals surface area contributed by atoms with Gasteiger partial charge < -0.3 is 9.72 Å². The summed E-state index contributed by atoms with van der Waals surface area (Å²) in [7, 11) is 0. The van der Waals surface area contributed by atoms with Crippen molar-refractivity contribution in [3.63, 3.8) is 0 Å². The van der Waals surface area contributed by atoms with Crippen LogP contribution in [0.25, 0.3) is 0 Å². The van der Waals surface area contributed by atoms with E-state index in [1.807, 2.05) is 30.3 Å². The molecule has 1 aromatic heterocycles. The molecule has 23 heavy (non-hydrogen) atoms. The molecule has 0 spiro atoms. The highest BCUT2D eigenvalue weighted by molar-refractivity contribution is 5.20. The van der Waals surface area contributed by atoms with Crippen molar-refractivity contribution in [3.8, 4) is 5.75 Å². The fourth-order valence-corrected chi connectivity index (χ4v) is 2.82. The normalized spacial score (nSPS) is 16.5. The molecular formula is C17H24N4O2. The van der Waals surface area contributed by atoms with Gasteiger partial charge in [-0.25, -0.2) is 4.79 Å². The summed E-state index contributed by atoms with van der Waals surface area (Å²) in [6, 6.07) is 9.95. The number of ether oxygens (including phenoxy) is 1. The van der Waals surface area contributed by atoms with Gasteiger partial charge in [-0.3, -0.25) is 14.4 Å². The molecule has 6 heteroatoms. The third-order valence-corrected chi connectivity index (χ3v) is 4.26. The van der Waals surface area contributed by atoms with E-state index in [2.05, 4.69) is 14.8 Å². The number of nitrogens with zero attached hydrogens (tertiary/aromatic N) is 3. The molecule has 1 aliphatic heterocycles. The van der Waals surface area contributed by atoms with Crippen molar-refractivity contribution in [2.24, 2.45) is 0 Å². The molecular weight excluding hydrogens is 292 g/mol. The van der Waals surface area contributed by atoms with Crippen LogP contribution in [0.15, 0.2) is 47.5 Å². The van der Waals surface area contributed by atoms with Crippen LogP contribution in [-0.2, 0) is 6.54 Å². The number of benzene rings is 1. The summed E-state index contributed by atoms with van der Waals surface area (Å²) in [6.45, 7) is 7.56. The second-order valence-corrected chi connectivity index (χ2v) is 5.80. The summed E-state index contributed by atoms with van der Waals surface area (Å²) in [6.07, 6.45) is 3.49. The zero-order valence-electron chi connectivity index (χ0n) is 13.4. The second-order valence-electron chi connectivity index (χ2n) is 5.80. The van der Waals surface area contributed by atoms with Crippen LogP contribution in [0.2, 0.25) is 0 Å². The smallest absolute Gasteiger partial charge is 0.325 e. The lowest BCUT2D eigenvalue weighted by Crippen LogP contribution is -2.48. The average molecular weight is 316 g/mol. The Morgan fingerprint density at radius 2 is 1.65 bits per heavy atom. The number of nitrogens with one attached hydrogen (secondary N) is 1. The highest BCUT2D eigenvalue weighted by Gasteiger charge is 2.16. The average Bonchev–Trinajstić information content (AvgIpc) is 3.00. The van der Waals surface area contributed by atoms with Gasteiger partial charge in [0.05, 0.1) is 0 Å². The Labute approximate surface area is 136 Å². The molecule has 1 N–H and O–H groups in total. The molecule has 1 aliphatic rings. The third-order valence-electron chi connectivity index (χ3n) is 4.26. The lowest BCUT2D eigenvalue weighted by Gasteiger charge is -2.34. The van der Waals surface area contributed by atoms with Crippen molar-refractivity contribution in [1.82, 2.24) is 19.4 Å². The predicted octanol–water partition coefficient (Wildman–Crippen LogP) is 0.873. The number of para-hydroxylation sites is 1. The summed E-state index contributed by atoms with van der Waals surface area (Å²) < 4.78 is 7.47. The first-order valence-electron chi connectivity index (χ1n) is 8.18. The fourth-order valence-electron chi connectivity index (χ4n) is 2.82. The zero-order valence-corrected chi connectivity index (χ0v) is 13.4. The first-order chi connectivity index (χ1) is 11.3. The predicted molar refractivity (Wildman–Crippen MR) is 89.9 cm³/mol. The van der Waals surface area contributed by atoms with E-state index in [0.717, 1.165) is 58.2 Å². The minimum atomic E-state index is -0.0262. The van der Waals surface area contributed by atoms with Crippen LogP contribution < -0.4 is 10.4 Å². The van der Waals surface area contributed by atoms with Gasteiger partial charge in [-0.15, -0.1) is 0 Å². The topological polar surface area (TPSA) is 53.5 Å². The summed E-state index contributed by atoms with van der Waals surface area (Å²) in [5.74, 6) is 0.933. The van der Waals surface area contributed by atoms with Crippen molar-refractivity contribution in [1.29, 1.82) is 0 Å². The lowest BCUT2D eigenvalue weighted by molar-refractivity contribution is 0.114. The first kappa shape index (κ1) is 15.8. The molecule has 0 bridgehead atoms. The quantitative estimate of drug-likeness (QED) is 0.824. The number of hydrogen-bond donors (Lipinski definition) is 1. The van der Waals surface area contributed by atoms with Crippen LogP contribution in [0.1, 0.15) is 0 Å². The molecule has 6 nitrogen and oxygen atoms in total. The van der Waals surface area contributed by atoms with Gasteiger partial charge in [0.25, 0.3) is 0 Å². The van der Waals surface area contributed by atoms with Gasteiger partial charge in [-0.1, -0.05) is 18.2 Å². The van der Waals surface area contributed by atoms with Crippen molar-refractivity contribution >= 4 is 0 Å². The van der Waals surface area contributed by atoms with E-state index >= 15 is 0 Å². The van der Waals surface area contributed by atoms with E-state index in [9.17, 15) is 4.79 Å². The van der Waals surface area contributed by atoms with Crippen LogP contribution in [0, 0.1) is 0 Å². The fraction of sp³-hybridized carbons (Fsp3) is 0.471. The van der Waals surface area contributed by atoms with Gasteiger partial charge in [-0.2, -0.15) is 0 Å². The van der Waals surface area contributed by atoms with E-state index < -0.39 is 0 Å². The van der Waals surface area contributed by atoms with Gasteiger partial charge in [0.2, 0.25) is 0 Å². The molecule has 2 heterocycles. The Hall–Kier alpha value is -2.05. The molecule has 0 radical (unpaired) electrons. The molecule has 0 unspecified atom stereocenters. The molecule has 1 aromatic carbocycles. The monoisotopic (exact) mass is 316 g/mol. The molecule has 3 rings (SSSR count). The van der Waals surface area contributed by atoms with Crippen molar-refractivity contribution < 1.29 is 4.74 Å². The second kappa shape index (κ2) is 7.99. The minimum absolute atomic E-state index is 0.0262. The first-order valence-corrected chi connectivity index (χ1v) is 8.18. The molecule has 0 amide bonds. The Kier molecular flexibility index (Phi) is 5.50. The number of aromatic amines is 1. The SMILES string of the molecule is O=c1[nH]ccn1CCN1CCN(CCOc2ccccc2)CC1. The van der Waals surface area contributed by atoms with E-state index in [0.29, 0.717) is 0 Å². The standard InChI is InChI=1S/C17H24N4O2/c22-17-18-6-7-21(17)13-12-19-8-10-20(11-9-19)14-15-23-16-4-2-1-3-5-16/h1-7H,8-15H2,(H,18,22). The number of hydrogen-bond acceptors (Lipinski definition) is 4. The number of aromatic nitrogens is 2. The molecule has 1 saturated heterocycles. The van der Waals surface area contributed by atoms with Crippen molar-refractivity contribution in [2.75, 3.05) is 45.9 Å². The molecule has 0 saturated carbocycles. The summed E-state index contributed by atoms with van der Waals surface area (Å²) >= 11 is 0. The van der Waals surface area contributed by atoms with Crippen molar-refractivity contribution in [2.45, 2.75) is 6.54 Å². The van der Waals surface area contributed by atoms with Gasteiger partial charge >= 0.3 is 5.69 Å². The van der Waals surface area contributed by atoms with Crippen LogP contribution in [0.3, 0.4) is 0 Å². The lowest BCUT2D eigenvalue weighted by atomic mass is 10.3. The van der Waals surface area contributed by atoms with E-state index in [1.165, 1.54) is 0 Å². The van der Waals surface area contributed by atoms with Gasteiger partial charge in [0, 0.05) is 58.2 Å². The number of rotatable bonds is 7. The van der Waals surface area contributed by atoms with Crippen LogP contribution >= 0.6 is 0 Å². The largest absolute Gasteiger partial charge is 0.492 e. The Balaban J connectivity index is 1.32. The molecule has 0 aliphatic carbocycles. The molecule has 0 atom stereocenters. The molecule has 2 aromatic rings. The Morgan fingerprint density at radius 1 is 0.957 bits per heavy atom. The maximum atomic E-state index is 11.4. The Bertz CT molecular complexity index is 629. The summed E-state index contributed by atoms with van der Waals surface area (Å²) in [5.41, 5.74) is -0.0262.